The molecule has 9 nitrogen and oxygen atoms in total. The summed E-state index contributed by atoms with van der Waals surface area (Å²) in [7, 11) is 0. The number of esters is 3. The molecule has 2 rings (SSSR count). The van der Waals surface area contributed by atoms with Crippen LogP contribution in [0.2, 0.25) is 0 Å². The summed E-state index contributed by atoms with van der Waals surface area (Å²) in [5, 5.41) is 16.7. The summed E-state index contributed by atoms with van der Waals surface area (Å²) in [6.45, 7) is 12.8. The van der Waals surface area contributed by atoms with E-state index in [-0.39, 0.29) is 24.4 Å². The topological polar surface area (TPSA) is 136 Å². The van der Waals surface area contributed by atoms with E-state index in [0.717, 1.165) is 11.1 Å². The summed E-state index contributed by atoms with van der Waals surface area (Å²) in [6.07, 6.45) is -1.98. The van der Waals surface area contributed by atoms with E-state index >= 15 is 0 Å². The Labute approximate surface area is 217 Å². The summed E-state index contributed by atoms with van der Waals surface area (Å²) in [4.78, 5) is 43.2. The summed E-state index contributed by atoms with van der Waals surface area (Å²) < 4.78 is 14.7. The maximum atomic E-state index is 11.5. The molecule has 9 heteroatoms. The van der Waals surface area contributed by atoms with Gasteiger partial charge in [0, 0.05) is 11.1 Å². The molecule has 0 fully saturated rings. The van der Waals surface area contributed by atoms with Crippen molar-refractivity contribution in [3.63, 3.8) is 0 Å². The zero-order valence-electron chi connectivity index (χ0n) is 21.5. The lowest BCUT2D eigenvalue weighted by Gasteiger charge is -2.12. The second kappa shape index (κ2) is 18.1. The first kappa shape index (κ1) is 32.8. The number of aliphatic hydroxyl groups is 1. The highest BCUT2D eigenvalue weighted by Crippen LogP contribution is 2.05. The van der Waals surface area contributed by atoms with Crippen molar-refractivity contribution in [1.29, 1.82) is 0 Å². The van der Waals surface area contributed by atoms with Gasteiger partial charge in [0.1, 0.15) is 19.3 Å². The van der Waals surface area contributed by atoms with Gasteiger partial charge in [0.15, 0.2) is 6.10 Å². The number of ether oxygens (including phenoxy) is 3. The fourth-order valence-corrected chi connectivity index (χ4v) is 2.00. The zero-order valence-corrected chi connectivity index (χ0v) is 21.5. The minimum atomic E-state index is -1.05. The molecular formula is C28H34O9. The lowest BCUT2D eigenvalue weighted by atomic mass is 10.2. The Morgan fingerprint density at radius 3 is 1.46 bits per heavy atom. The molecule has 0 saturated carbocycles. The van der Waals surface area contributed by atoms with Crippen LogP contribution in [0, 0.1) is 0 Å². The predicted molar refractivity (Wildman–Crippen MR) is 137 cm³/mol. The molecule has 37 heavy (non-hydrogen) atoms. The third kappa shape index (κ3) is 16.1. The van der Waals surface area contributed by atoms with Crippen molar-refractivity contribution in [3.8, 4) is 0 Å². The monoisotopic (exact) mass is 514 g/mol. The predicted octanol–water partition coefficient (Wildman–Crippen LogP) is 4.00. The number of aliphatic carboxylic acids is 1. The van der Waals surface area contributed by atoms with Gasteiger partial charge in [-0.3, -0.25) is 0 Å². The van der Waals surface area contributed by atoms with E-state index in [9.17, 15) is 19.2 Å². The summed E-state index contributed by atoms with van der Waals surface area (Å²) >= 11 is 0. The fourth-order valence-electron chi connectivity index (χ4n) is 2.00. The third-order valence-corrected chi connectivity index (χ3v) is 4.12. The lowest BCUT2D eigenvalue weighted by molar-refractivity contribution is -0.165. The number of aliphatic hydroxyl groups excluding tert-OH is 1. The van der Waals surface area contributed by atoms with Crippen molar-refractivity contribution < 1.29 is 43.6 Å². The van der Waals surface area contributed by atoms with E-state index in [1.807, 2.05) is 60.7 Å². The van der Waals surface area contributed by atoms with Crippen LogP contribution in [0.3, 0.4) is 0 Å². The normalized spacial score (nSPS) is 11.1. The second-order valence-corrected chi connectivity index (χ2v) is 7.78. The van der Waals surface area contributed by atoms with E-state index in [2.05, 4.69) is 13.2 Å². The first-order valence-corrected chi connectivity index (χ1v) is 11.2. The van der Waals surface area contributed by atoms with Gasteiger partial charge < -0.3 is 24.4 Å². The third-order valence-electron chi connectivity index (χ3n) is 4.12. The van der Waals surface area contributed by atoms with E-state index in [1.54, 1.807) is 0 Å². The molecule has 0 bridgehead atoms. The smallest absolute Gasteiger partial charge is 0.347 e. The molecule has 2 aromatic rings. The molecule has 0 aliphatic heterocycles. The highest BCUT2D eigenvalue weighted by molar-refractivity contribution is 5.89. The Morgan fingerprint density at radius 1 is 0.757 bits per heavy atom. The Kier molecular flexibility index (Phi) is 16.0. The molecule has 2 aromatic carbocycles. The van der Waals surface area contributed by atoms with E-state index < -0.39 is 36.1 Å². The van der Waals surface area contributed by atoms with Crippen LogP contribution >= 0.6 is 0 Å². The molecule has 0 saturated heterocycles. The molecule has 2 atom stereocenters. The Balaban J connectivity index is 0.000000594. The van der Waals surface area contributed by atoms with Crippen LogP contribution in [0.1, 0.15) is 38.8 Å². The van der Waals surface area contributed by atoms with Crippen molar-refractivity contribution in [2.75, 3.05) is 0 Å². The van der Waals surface area contributed by atoms with E-state index in [4.69, 9.17) is 24.4 Å². The van der Waals surface area contributed by atoms with Crippen LogP contribution in [0.15, 0.2) is 85.0 Å². The fraction of sp³-hybridized carbons (Fsp3) is 0.286. The van der Waals surface area contributed by atoms with Crippen LogP contribution in [0.5, 0.6) is 0 Å². The maximum Gasteiger partial charge on any atom is 0.347 e. The van der Waals surface area contributed by atoms with Crippen LogP contribution in [-0.2, 0) is 46.6 Å². The second-order valence-electron chi connectivity index (χ2n) is 7.78. The van der Waals surface area contributed by atoms with Gasteiger partial charge in [0.2, 0.25) is 0 Å². The van der Waals surface area contributed by atoms with Crippen LogP contribution in [0.4, 0.5) is 0 Å². The van der Waals surface area contributed by atoms with Gasteiger partial charge in [-0.15, -0.1) is 0 Å². The van der Waals surface area contributed by atoms with Crippen molar-refractivity contribution >= 4 is 23.9 Å². The van der Waals surface area contributed by atoms with Gasteiger partial charge in [-0.25, -0.2) is 19.2 Å². The minimum absolute atomic E-state index is 0.161. The highest BCUT2D eigenvalue weighted by Gasteiger charge is 2.19. The van der Waals surface area contributed by atoms with Crippen molar-refractivity contribution in [3.05, 3.63) is 96.1 Å². The average Bonchev–Trinajstić information content (AvgIpc) is 2.87. The summed E-state index contributed by atoms with van der Waals surface area (Å²) in [5.41, 5.74) is 2.22. The number of hydrogen-bond acceptors (Lipinski definition) is 8. The number of carbonyl (C=O) groups excluding carboxylic acids is 3. The first-order valence-electron chi connectivity index (χ1n) is 11.2. The standard InChI is InChI=1S/C14H16O4.C10H12O3.C4H6O2/c1-10(2)13(15)18-11(3)14(16)17-9-12-7-5-4-6-8-12;1-8(11)10(12)13-7-9-5-3-2-4-6-9;1-3(2)4(5)6/h4-8,11H,1,9H2,2-3H3;2-6,8,11H,7H2,1H3;1H2,2H3,(H,5,6). The number of benzene rings is 2. The Morgan fingerprint density at radius 2 is 1.14 bits per heavy atom. The highest BCUT2D eigenvalue weighted by atomic mass is 16.6. The van der Waals surface area contributed by atoms with Crippen molar-refractivity contribution in [2.45, 2.75) is 53.1 Å². The number of hydrogen-bond donors (Lipinski definition) is 2. The maximum absolute atomic E-state index is 11.5. The molecule has 200 valence electrons. The molecule has 0 aliphatic rings. The lowest BCUT2D eigenvalue weighted by Crippen LogP contribution is -2.26. The van der Waals surface area contributed by atoms with E-state index in [1.165, 1.54) is 27.7 Å². The van der Waals surface area contributed by atoms with Crippen molar-refractivity contribution in [2.24, 2.45) is 0 Å². The quantitative estimate of drug-likeness (QED) is 0.289. The van der Waals surface area contributed by atoms with Gasteiger partial charge >= 0.3 is 23.9 Å². The van der Waals surface area contributed by atoms with E-state index in [0.29, 0.717) is 0 Å². The first-order chi connectivity index (χ1) is 17.3. The van der Waals surface area contributed by atoms with Gasteiger partial charge in [0.05, 0.1) is 0 Å². The number of rotatable bonds is 9. The SMILES string of the molecule is C=C(C)C(=O)O.C=C(C)C(=O)OC(C)C(=O)OCc1ccccc1.CC(O)C(=O)OCc1ccccc1. The minimum Gasteiger partial charge on any atom is -0.478 e. The molecule has 0 amide bonds. The van der Waals surface area contributed by atoms with Crippen LogP contribution in [-0.4, -0.2) is 46.3 Å². The number of carboxylic acid groups (broad SMARTS) is 1. The number of carbonyl (C=O) groups is 4. The van der Waals surface area contributed by atoms with Crippen LogP contribution < -0.4 is 0 Å². The average molecular weight is 515 g/mol. The van der Waals surface area contributed by atoms with Gasteiger partial charge in [0.25, 0.3) is 0 Å². The molecule has 0 aromatic heterocycles. The summed E-state index contributed by atoms with van der Waals surface area (Å²) in [5.74, 6) is -2.70. The molecule has 0 heterocycles. The van der Waals surface area contributed by atoms with Gasteiger partial charge in [-0.05, 0) is 38.8 Å². The Bertz CT molecular complexity index is 1020. The molecule has 0 radical (unpaired) electrons. The van der Waals surface area contributed by atoms with Crippen molar-refractivity contribution in [1.82, 2.24) is 0 Å². The zero-order chi connectivity index (χ0) is 28.4. The molecule has 0 aliphatic carbocycles. The van der Waals surface area contributed by atoms with Gasteiger partial charge in [-0.1, -0.05) is 73.8 Å². The summed E-state index contributed by atoms with van der Waals surface area (Å²) in [6, 6.07) is 18.6. The molecular weight excluding hydrogens is 480 g/mol. The Hall–Kier alpha value is -4.24. The molecule has 2 unspecified atom stereocenters. The number of carboxylic acids is 1. The molecule has 2 N–H and O–H groups in total. The molecule has 0 spiro atoms. The largest absolute Gasteiger partial charge is 0.478 e. The van der Waals surface area contributed by atoms with Gasteiger partial charge in [-0.2, -0.15) is 0 Å². The van der Waals surface area contributed by atoms with Crippen LogP contribution in [0.25, 0.3) is 0 Å².